The van der Waals surface area contributed by atoms with Gasteiger partial charge in [0.15, 0.2) is 5.65 Å². The highest BCUT2D eigenvalue weighted by Gasteiger charge is 2.21. The smallest absolute Gasteiger partial charge is 0.302 e. The van der Waals surface area contributed by atoms with Crippen molar-refractivity contribution in [1.29, 1.82) is 0 Å². The Balaban J connectivity index is 2.07. The Hall–Kier alpha value is -2.11. The Labute approximate surface area is 168 Å². The van der Waals surface area contributed by atoms with Gasteiger partial charge in [-0.05, 0) is 43.0 Å². The molecule has 0 N–H and O–H groups in total. The third kappa shape index (κ3) is 4.09. The molecule has 0 bridgehead atoms. The van der Waals surface area contributed by atoms with Gasteiger partial charge in [0.25, 0.3) is 0 Å². The van der Waals surface area contributed by atoms with E-state index in [0.717, 1.165) is 34.6 Å². The second-order valence-electron chi connectivity index (χ2n) is 6.43. The van der Waals surface area contributed by atoms with Crippen molar-refractivity contribution in [1.82, 2.24) is 14.6 Å². The van der Waals surface area contributed by atoms with E-state index in [0.29, 0.717) is 23.1 Å². The summed E-state index contributed by atoms with van der Waals surface area (Å²) in [7, 11) is 0. The molecule has 2 aromatic heterocycles. The topological polar surface area (TPSA) is 56.5 Å². The van der Waals surface area contributed by atoms with Crippen LogP contribution in [0.2, 0.25) is 10.0 Å². The van der Waals surface area contributed by atoms with Crippen LogP contribution in [0.3, 0.4) is 0 Å². The highest BCUT2D eigenvalue weighted by atomic mass is 35.5. The standard InChI is InChI=1S/C20H21Cl2N3O2/c1-4-17-19(12(2)8-10-27-13(3)26)20-23-9-7-18(25(20)24-17)15-6-5-14(21)11-16(15)22/h5-7,9,11-12H,4,8,10H2,1-3H3. The number of aryl methyl sites for hydroxylation is 1. The average molecular weight is 406 g/mol. The summed E-state index contributed by atoms with van der Waals surface area (Å²) in [6.45, 7) is 5.96. The molecule has 2 heterocycles. The maximum atomic E-state index is 11.0. The lowest BCUT2D eigenvalue weighted by molar-refractivity contribution is -0.141. The summed E-state index contributed by atoms with van der Waals surface area (Å²) in [6, 6.07) is 7.30. The van der Waals surface area contributed by atoms with Gasteiger partial charge >= 0.3 is 5.97 Å². The average Bonchev–Trinajstić information content (AvgIpc) is 3.00. The SMILES string of the molecule is CCc1nn2c(-c3ccc(Cl)cc3Cl)ccnc2c1C(C)CCOC(C)=O. The number of carbonyl (C=O) groups is 1. The number of hydrogen-bond acceptors (Lipinski definition) is 4. The third-order valence-corrected chi connectivity index (χ3v) is 5.07. The molecule has 0 saturated heterocycles. The van der Waals surface area contributed by atoms with E-state index in [1.54, 1.807) is 12.3 Å². The monoisotopic (exact) mass is 405 g/mol. The van der Waals surface area contributed by atoms with E-state index in [4.69, 9.17) is 33.0 Å². The Morgan fingerprint density at radius 3 is 2.74 bits per heavy atom. The maximum Gasteiger partial charge on any atom is 0.302 e. The number of aromatic nitrogens is 3. The molecule has 1 atom stereocenters. The first-order valence-corrected chi connectivity index (χ1v) is 9.63. The van der Waals surface area contributed by atoms with Gasteiger partial charge in [0.2, 0.25) is 0 Å². The number of halogens is 2. The van der Waals surface area contributed by atoms with Gasteiger partial charge in [0.05, 0.1) is 23.0 Å². The van der Waals surface area contributed by atoms with Crippen molar-refractivity contribution >= 4 is 34.8 Å². The van der Waals surface area contributed by atoms with Crippen molar-refractivity contribution in [2.75, 3.05) is 6.61 Å². The number of hydrogen-bond donors (Lipinski definition) is 0. The van der Waals surface area contributed by atoms with Crippen molar-refractivity contribution in [3.05, 3.63) is 51.8 Å². The van der Waals surface area contributed by atoms with Gasteiger partial charge in [-0.3, -0.25) is 4.79 Å². The van der Waals surface area contributed by atoms with Crippen LogP contribution in [0.4, 0.5) is 0 Å². The summed E-state index contributed by atoms with van der Waals surface area (Å²) in [5, 5.41) is 5.94. The van der Waals surface area contributed by atoms with Crippen LogP contribution in [-0.2, 0) is 16.0 Å². The first-order chi connectivity index (χ1) is 12.9. The molecule has 0 spiro atoms. The van der Waals surface area contributed by atoms with Crippen LogP contribution in [-0.4, -0.2) is 27.2 Å². The summed E-state index contributed by atoms with van der Waals surface area (Å²) in [5.74, 6) is -0.115. The first kappa shape index (κ1) is 19.6. The molecule has 0 aliphatic rings. The molecule has 1 aromatic carbocycles. The lowest BCUT2D eigenvalue weighted by atomic mass is 9.97. The fourth-order valence-corrected chi connectivity index (χ4v) is 3.70. The van der Waals surface area contributed by atoms with Crippen LogP contribution in [0.1, 0.15) is 44.4 Å². The van der Waals surface area contributed by atoms with Gasteiger partial charge in [-0.2, -0.15) is 5.10 Å². The predicted octanol–water partition coefficient (Wildman–Crippen LogP) is 5.32. The fraction of sp³-hybridized carbons (Fsp3) is 0.350. The zero-order valence-corrected chi connectivity index (χ0v) is 17.0. The minimum Gasteiger partial charge on any atom is -0.466 e. The van der Waals surface area contributed by atoms with Crippen molar-refractivity contribution in [2.24, 2.45) is 0 Å². The first-order valence-electron chi connectivity index (χ1n) is 8.87. The van der Waals surface area contributed by atoms with Crippen LogP contribution in [0.15, 0.2) is 30.5 Å². The van der Waals surface area contributed by atoms with Gasteiger partial charge in [-0.15, -0.1) is 0 Å². The zero-order valence-electron chi connectivity index (χ0n) is 15.5. The fourth-order valence-electron chi connectivity index (χ4n) is 3.20. The molecule has 0 aliphatic carbocycles. The van der Waals surface area contributed by atoms with E-state index in [9.17, 15) is 4.79 Å². The molecule has 142 valence electrons. The lowest BCUT2D eigenvalue weighted by Crippen LogP contribution is -2.06. The number of esters is 1. The molecule has 1 unspecified atom stereocenters. The molecule has 3 rings (SSSR count). The molecule has 27 heavy (non-hydrogen) atoms. The molecule has 0 saturated carbocycles. The van der Waals surface area contributed by atoms with E-state index < -0.39 is 0 Å². The van der Waals surface area contributed by atoms with Gasteiger partial charge in [0, 0.05) is 29.3 Å². The lowest BCUT2D eigenvalue weighted by Gasteiger charge is -2.12. The Morgan fingerprint density at radius 2 is 2.07 bits per heavy atom. The van der Waals surface area contributed by atoms with Crippen LogP contribution in [0.25, 0.3) is 16.9 Å². The van der Waals surface area contributed by atoms with E-state index in [1.165, 1.54) is 6.92 Å². The number of nitrogens with zero attached hydrogens (tertiary/aromatic N) is 3. The third-order valence-electron chi connectivity index (χ3n) is 4.52. The number of ether oxygens (including phenoxy) is 1. The molecule has 0 radical (unpaired) electrons. The van der Waals surface area contributed by atoms with E-state index in [2.05, 4.69) is 18.8 Å². The minimum atomic E-state index is -0.268. The molecule has 5 nitrogen and oxygen atoms in total. The van der Waals surface area contributed by atoms with Crippen molar-refractivity contribution in [3.63, 3.8) is 0 Å². The van der Waals surface area contributed by atoms with Crippen LogP contribution in [0, 0.1) is 0 Å². The van der Waals surface area contributed by atoms with Gasteiger partial charge in [0.1, 0.15) is 0 Å². The highest BCUT2D eigenvalue weighted by molar-refractivity contribution is 6.36. The van der Waals surface area contributed by atoms with Crippen molar-refractivity contribution < 1.29 is 9.53 Å². The summed E-state index contributed by atoms with van der Waals surface area (Å²) in [5.41, 5.74) is 4.56. The number of fused-ring (bicyclic) bond motifs is 1. The Kier molecular flexibility index (Phi) is 6.02. The van der Waals surface area contributed by atoms with Crippen LogP contribution in [0.5, 0.6) is 0 Å². The van der Waals surface area contributed by atoms with Crippen LogP contribution >= 0.6 is 23.2 Å². The molecular formula is C20H21Cl2N3O2. The van der Waals surface area contributed by atoms with Gasteiger partial charge in [-0.25, -0.2) is 9.50 Å². The van der Waals surface area contributed by atoms with Crippen molar-refractivity contribution in [3.8, 4) is 11.3 Å². The van der Waals surface area contributed by atoms with Gasteiger partial charge in [-0.1, -0.05) is 37.0 Å². The maximum absolute atomic E-state index is 11.0. The van der Waals surface area contributed by atoms with Crippen molar-refractivity contribution in [2.45, 2.75) is 39.5 Å². The molecule has 3 aromatic rings. The molecule has 0 aliphatic heterocycles. The quantitative estimate of drug-likeness (QED) is 0.520. The minimum absolute atomic E-state index is 0.153. The second-order valence-corrected chi connectivity index (χ2v) is 7.28. The van der Waals surface area contributed by atoms with E-state index in [-0.39, 0.29) is 11.9 Å². The largest absolute Gasteiger partial charge is 0.466 e. The number of benzene rings is 1. The van der Waals surface area contributed by atoms with Gasteiger partial charge < -0.3 is 4.74 Å². The molecule has 0 amide bonds. The Bertz CT molecular complexity index is 985. The molecule has 7 heteroatoms. The number of carbonyl (C=O) groups excluding carboxylic acids is 1. The molecular weight excluding hydrogens is 385 g/mol. The Morgan fingerprint density at radius 1 is 1.30 bits per heavy atom. The predicted molar refractivity (Wildman–Crippen MR) is 107 cm³/mol. The summed E-state index contributed by atoms with van der Waals surface area (Å²) >= 11 is 12.4. The summed E-state index contributed by atoms with van der Waals surface area (Å²) in [6.07, 6.45) is 3.25. The van der Waals surface area contributed by atoms with Crippen LogP contribution < -0.4 is 0 Å². The zero-order chi connectivity index (χ0) is 19.6. The normalized spacial score (nSPS) is 12.3. The second kappa shape index (κ2) is 8.28. The van der Waals surface area contributed by atoms with E-state index >= 15 is 0 Å². The van der Waals surface area contributed by atoms with E-state index in [1.807, 2.05) is 22.7 Å². The summed E-state index contributed by atoms with van der Waals surface area (Å²) in [4.78, 5) is 15.6. The number of rotatable bonds is 6. The summed E-state index contributed by atoms with van der Waals surface area (Å²) < 4.78 is 6.94. The molecule has 0 fully saturated rings. The highest BCUT2D eigenvalue weighted by Crippen LogP contribution is 2.33.